The predicted octanol–water partition coefficient (Wildman–Crippen LogP) is 2.72. The molecule has 1 amide bonds. The number of anilines is 1. The summed E-state index contributed by atoms with van der Waals surface area (Å²) >= 11 is 1.50. The van der Waals surface area contributed by atoms with Crippen molar-refractivity contribution in [2.45, 2.75) is 13.8 Å². The van der Waals surface area contributed by atoms with E-state index in [1.54, 1.807) is 0 Å². The van der Waals surface area contributed by atoms with Crippen LogP contribution in [0, 0.1) is 13.8 Å². The number of piperazine rings is 1. The Morgan fingerprint density at radius 1 is 1.10 bits per heavy atom. The molecule has 1 saturated heterocycles. The standard InChI is InChI=1S/C16H19N3OS/c1-12-13(2)21-15(17-12)16(20)19-10-8-18(9-11-19)14-6-4-3-5-7-14/h3-7H,8-11H2,1-2H3. The van der Waals surface area contributed by atoms with Crippen LogP contribution in [0.3, 0.4) is 0 Å². The number of hydrogen-bond donors (Lipinski definition) is 0. The number of aromatic nitrogens is 1. The van der Waals surface area contributed by atoms with E-state index in [1.807, 2.05) is 36.9 Å². The van der Waals surface area contributed by atoms with E-state index in [0.717, 1.165) is 36.8 Å². The number of thiazole rings is 1. The largest absolute Gasteiger partial charge is 0.368 e. The van der Waals surface area contributed by atoms with Crippen LogP contribution < -0.4 is 4.90 Å². The predicted molar refractivity (Wildman–Crippen MR) is 86.1 cm³/mol. The normalized spacial score (nSPS) is 15.3. The average molecular weight is 301 g/mol. The van der Waals surface area contributed by atoms with Crippen LogP contribution in [0.2, 0.25) is 0 Å². The van der Waals surface area contributed by atoms with Crippen molar-refractivity contribution in [3.05, 3.63) is 45.9 Å². The molecule has 21 heavy (non-hydrogen) atoms. The molecule has 0 bridgehead atoms. The van der Waals surface area contributed by atoms with Crippen molar-refractivity contribution in [2.75, 3.05) is 31.1 Å². The molecule has 4 nitrogen and oxygen atoms in total. The molecule has 2 heterocycles. The molecular formula is C16H19N3OS. The van der Waals surface area contributed by atoms with Gasteiger partial charge in [0.1, 0.15) is 0 Å². The molecule has 0 saturated carbocycles. The van der Waals surface area contributed by atoms with Gasteiger partial charge in [-0.15, -0.1) is 11.3 Å². The molecule has 1 aromatic heterocycles. The molecule has 3 rings (SSSR count). The van der Waals surface area contributed by atoms with E-state index in [2.05, 4.69) is 22.0 Å². The van der Waals surface area contributed by atoms with Crippen molar-refractivity contribution in [3.8, 4) is 0 Å². The SMILES string of the molecule is Cc1nc(C(=O)N2CCN(c3ccccc3)CC2)sc1C. The molecule has 1 aromatic carbocycles. The van der Waals surface area contributed by atoms with Crippen molar-refractivity contribution < 1.29 is 4.79 Å². The maximum absolute atomic E-state index is 12.5. The Hall–Kier alpha value is -1.88. The third-order valence-corrected chi connectivity index (χ3v) is 4.96. The number of para-hydroxylation sites is 1. The van der Waals surface area contributed by atoms with Gasteiger partial charge in [-0.2, -0.15) is 0 Å². The topological polar surface area (TPSA) is 36.4 Å². The Bertz CT molecular complexity index is 611. The van der Waals surface area contributed by atoms with E-state index in [4.69, 9.17) is 0 Å². The Labute approximate surface area is 129 Å². The van der Waals surface area contributed by atoms with Crippen LogP contribution in [0.5, 0.6) is 0 Å². The molecule has 0 N–H and O–H groups in total. The summed E-state index contributed by atoms with van der Waals surface area (Å²) in [6.45, 7) is 7.22. The number of amides is 1. The molecule has 0 unspecified atom stereocenters. The molecule has 0 spiro atoms. The molecule has 1 aliphatic heterocycles. The Morgan fingerprint density at radius 2 is 1.76 bits per heavy atom. The van der Waals surface area contributed by atoms with Gasteiger partial charge in [0.05, 0.1) is 5.69 Å². The summed E-state index contributed by atoms with van der Waals surface area (Å²) in [5.41, 5.74) is 2.19. The molecule has 1 fully saturated rings. The molecule has 0 aliphatic carbocycles. The van der Waals surface area contributed by atoms with E-state index in [0.29, 0.717) is 5.01 Å². The lowest BCUT2D eigenvalue weighted by atomic mass is 10.2. The summed E-state index contributed by atoms with van der Waals surface area (Å²) in [5.74, 6) is 0.0731. The van der Waals surface area contributed by atoms with Gasteiger partial charge in [0, 0.05) is 36.7 Å². The van der Waals surface area contributed by atoms with E-state index in [-0.39, 0.29) is 5.91 Å². The summed E-state index contributed by atoms with van der Waals surface area (Å²) in [6.07, 6.45) is 0. The van der Waals surface area contributed by atoms with Gasteiger partial charge in [-0.1, -0.05) is 18.2 Å². The van der Waals surface area contributed by atoms with E-state index >= 15 is 0 Å². The smallest absolute Gasteiger partial charge is 0.282 e. The van der Waals surface area contributed by atoms with Gasteiger partial charge < -0.3 is 9.80 Å². The number of carbonyl (C=O) groups excluding carboxylic acids is 1. The highest BCUT2D eigenvalue weighted by molar-refractivity contribution is 7.13. The zero-order valence-electron chi connectivity index (χ0n) is 12.4. The lowest BCUT2D eigenvalue weighted by molar-refractivity contribution is 0.0746. The lowest BCUT2D eigenvalue weighted by Crippen LogP contribution is -2.48. The minimum absolute atomic E-state index is 0.0731. The number of benzene rings is 1. The zero-order valence-corrected chi connectivity index (χ0v) is 13.2. The van der Waals surface area contributed by atoms with Gasteiger partial charge in [0.2, 0.25) is 0 Å². The summed E-state index contributed by atoms with van der Waals surface area (Å²) in [5, 5.41) is 0.623. The minimum atomic E-state index is 0.0731. The van der Waals surface area contributed by atoms with Crippen LogP contribution in [0.25, 0.3) is 0 Å². The quantitative estimate of drug-likeness (QED) is 0.856. The molecular weight excluding hydrogens is 282 g/mol. The summed E-state index contributed by atoms with van der Waals surface area (Å²) in [7, 11) is 0. The van der Waals surface area contributed by atoms with Gasteiger partial charge in [0.15, 0.2) is 5.01 Å². The Morgan fingerprint density at radius 3 is 2.33 bits per heavy atom. The van der Waals surface area contributed by atoms with Gasteiger partial charge in [-0.25, -0.2) is 4.98 Å². The fraction of sp³-hybridized carbons (Fsp3) is 0.375. The number of rotatable bonds is 2. The first-order valence-electron chi connectivity index (χ1n) is 7.18. The molecule has 2 aromatic rings. The van der Waals surface area contributed by atoms with Crippen LogP contribution in [-0.2, 0) is 0 Å². The summed E-state index contributed by atoms with van der Waals surface area (Å²) in [4.78, 5) is 22.2. The summed E-state index contributed by atoms with van der Waals surface area (Å²) in [6, 6.07) is 10.4. The molecule has 0 atom stereocenters. The van der Waals surface area contributed by atoms with E-state index in [9.17, 15) is 4.79 Å². The van der Waals surface area contributed by atoms with E-state index in [1.165, 1.54) is 17.0 Å². The highest BCUT2D eigenvalue weighted by atomic mass is 32.1. The van der Waals surface area contributed by atoms with Crippen molar-refractivity contribution in [2.24, 2.45) is 0 Å². The van der Waals surface area contributed by atoms with Gasteiger partial charge in [-0.05, 0) is 26.0 Å². The first-order chi connectivity index (χ1) is 10.1. The Kier molecular flexibility index (Phi) is 3.92. The van der Waals surface area contributed by atoms with Crippen molar-refractivity contribution in [1.29, 1.82) is 0 Å². The van der Waals surface area contributed by atoms with Gasteiger partial charge in [0.25, 0.3) is 5.91 Å². The monoisotopic (exact) mass is 301 g/mol. The third kappa shape index (κ3) is 2.93. The fourth-order valence-electron chi connectivity index (χ4n) is 2.51. The number of aryl methyl sites for hydroxylation is 2. The third-order valence-electron chi connectivity index (χ3n) is 3.90. The van der Waals surface area contributed by atoms with Crippen molar-refractivity contribution in [3.63, 3.8) is 0 Å². The molecule has 1 aliphatic rings. The maximum Gasteiger partial charge on any atom is 0.282 e. The first kappa shape index (κ1) is 14.1. The lowest BCUT2D eigenvalue weighted by Gasteiger charge is -2.35. The molecule has 0 radical (unpaired) electrons. The van der Waals surface area contributed by atoms with Crippen LogP contribution in [0.4, 0.5) is 5.69 Å². The first-order valence-corrected chi connectivity index (χ1v) is 8.00. The fourth-order valence-corrected chi connectivity index (χ4v) is 3.39. The van der Waals surface area contributed by atoms with Gasteiger partial charge >= 0.3 is 0 Å². The average Bonchev–Trinajstić information content (AvgIpc) is 2.87. The van der Waals surface area contributed by atoms with Gasteiger partial charge in [-0.3, -0.25) is 4.79 Å². The number of nitrogens with zero attached hydrogens (tertiary/aromatic N) is 3. The zero-order chi connectivity index (χ0) is 14.8. The van der Waals surface area contributed by atoms with E-state index < -0.39 is 0 Å². The van der Waals surface area contributed by atoms with Crippen LogP contribution in [0.15, 0.2) is 30.3 Å². The minimum Gasteiger partial charge on any atom is -0.368 e. The second-order valence-electron chi connectivity index (χ2n) is 5.28. The van der Waals surface area contributed by atoms with Crippen LogP contribution in [0.1, 0.15) is 20.4 Å². The maximum atomic E-state index is 12.5. The highest BCUT2D eigenvalue weighted by Gasteiger charge is 2.24. The second-order valence-corrected chi connectivity index (χ2v) is 6.48. The van der Waals surface area contributed by atoms with Crippen molar-refractivity contribution in [1.82, 2.24) is 9.88 Å². The Balaban J connectivity index is 1.64. The second kappa shape index (κ2) is 5.85. The molecule has 110 valence electrons. The summed E-state index contributed by atoms with van der Waals surface area (Å²) < 4.78 is 0. The van der Waals surface area contributed by atoms with Crippen LogP contribution in [-0.4, -0.2) is 42.0 Å². The van der Waals surface area contributed by atoms with Crippen molar-refractivity contribution >= 4 is 22.9 Å². The highest BCUT2D eigenvalue weighted by Crippen LogP contribution is 2.20. The van der Waals surface area contributed by atoms with Crippen LogP contribution >= 0.6 is 11.3 Å². The number of hydrogen-bond acceptors (Lipinski definition) is 4. The number of carbonyl (C=O) groups is 1. The molecule has 5 heteroatoms.